The normalized spacial score (nSPS) is 12.7. The molecule has 0 aliphatic heterocycles. The third-order valence-corrected chi connectivity index (χ3v) is 2.74. The van der Waals surface area contributed by atoms with E-state index in [-0.39, 0.29) is 6.04 Å². The smallest absolute Gasteiger partial charge is 0.194 e. The van der Waals surface area contributed by atoms with Gasteiger partial charge >= 0.3 is 0 Å². The van der Waals surface area contributed by atoms with Crippen LogP contribution in [0.3, 0.4) is 0 Å². The zero-order valence-corrected chi connectivity index (χ0v) is 9.71. The SMILES string of the molecule is CNC(Cc1ccco1)c1cc(F)c(F)c(F)c1. The van der Waals surface area contributed by atoms with E-state index in [1.54, 1.807) is 19.2 Å². The van der Waals surface area contributed by atoms with E-state index in [9.17, 15) is 13.2 Å². The molecule has 2 aromatic rings. The van der Waals surface area contributed by atoms with Gasteiger partial charge in [-0.15, -0.1) is 0 Å². The van der Waals surface area contributed by atoms with Crippen molar-refractivity contribution in [3.05, 3.63) is 59.3 Å². The molecule has 1 heterocycles. The molecule has 1 aromatic carbocycles. The molecular weight excluding hydrogens is 243 g/mol. The first-order chi connectivity index (χ1) is 8.61. The molecule has 1 atom stereocenters. The number of nitrogens with one attached hydrogen (secondary N) is 1. The number of halogens is 3. The van der Waals surface area contributed by atoms with Crippen LogP contribution in [0.15, 0.2) is 34.9 Å². The molecule has 1 aromatic heterocycles. The summed E-state index contributed by atoms with van der Waals surface area (Å²) < 4.78 is 44.3. The fourth-order valence-electron chi connectivity index (χ4n) is 1.79. The molecule has 0 fully saturated rings. The predicted molar refractivity (Wildman–Crippen MR) is 60.5 cm³/mol. The lowest BCUT2D eigenvalue weighted by molar-refractivity contribution is 0.434. The summed E-state index contributed by atoms with van der Waals surface area (Å²) >= 11 is 0. The summed E-state index contributed by atoms with van der Waals surface area (Å²) in [5.41, 5.74) is 0.338. The summed E-state index contributed by atoms with van der Waals surface area (Å²) in [6.45, 7) is 0. The molecule has 0 saturated carbocycles. The molecule has 0 aliphatic carbocycles. The van der Waals surface area contributed by atoms with Crippen LogP contribution in [-0.2, 0) is 6.42 Å². The van der Waals surface area contributed by atoms with Crippen LogP contribution >= 0.6 is 0 Å². The van der Waals surface area contributed by atoms with Crippen LogP contribution in [0.5, 0.6) is 0 Å². The van der Waals surface area contributed by atoms with Crippen molar-refractivity contribution in [2.24, 2.45) is 0 Å². The molecule has 18 heavy (non-hydrogen) atoms. The Labute approximate surface area is 102 Å². The monoisotopic (exact) mass is 255 g/mol. The fourth-order valence-corrected chi connectivity index (χ4v) is 1.79. The summed E-state index contributed by atoms with van der Waals surface area (Å²) in [6, 6.07) is 5.13. The van der Waals surface area contributed by atoms with Crippen molar-refractivity contribution in [2.75, 3.05) is 7.05 Å². The lowest BCUT2D eigenvalue weighted by atomic mass is 10.0. The summed E-state index contributed by atoms with van der Waals surface area (Å²) in [5.74, 6) is -3.15. The minimum Gasteiger partial charge on any atom is -0.469 e. The fraction of sp³-hybridized carbons (Fsp3) is 0.231. The van der Waals surface area contributed by atoms with Crippen molar-refractivity contribution in [3.8, 4) is 0 Å². The standard InChI is InChI=1S/C13H12F3NO/c1-17-12(7-9-3-2-4-18-9)8-5-10(14)13(16)11(15)6-8/h2-6,12,17H,7H2,1H3. The minimum atomic E-state index is -1.45. The lowest BCUT2D eigenvalue weighted by Crippen LogP contribution is -2.19. The Kier molecular flexibility index (Phi) is 3.72. The Morgan fingerprint density at radius 1 is 1.22 bits per heavy atom. The number of likely N-dealkylation sites (N-methyl/N-ethyl adjacent to an activating group) is 1. The van der Waals surface area contributed by atoms with Gasteiger partial charge in [0.25, 0.3) is 0 Å². The van der Waals surface area contributed by atoms with Gasteiger partial charge in [0, 0.05) is 12.5 Å². The van der Waals surface area contributed by atoms with Gasteiger partial charge in [0.2, 0.25) is 0 Å². The Morgan fingerprint density at radius 2 is 1.89 bits per heavy atom. The molecule has 1 unspecified atom stereocenters. The van der Waals surface area contributed by atoms with E-state index in [1.165, 1.54) is 6.26 Å². The van der Waals surface area contributed by atoms with Gasteiger partial charge in [0.15, 0.2) is 17.5 Å². The maximum absolute atomic E-state index is 13.1. The van der Waals surface area contributed by atoms with E-state index in [0.29, 0.717) is 17.7 Å². The van der Waals surface area contributed by atoms with Crippen molar-refractivity contribution in [3.63, 3.8) is 0 Å². The predicted octanol–water partition coefficient (Wildman–Crippen LogP) is 3.20. The molecule has 96 valence electrons. The van der Waals surface area contributed by atoms with Gasteiger partial charge in [-0.1, -0.05) is 0 Å². The van der Waals surface area contributed by atoms with E-state index >= 15 is 0 Å². The first-order valence-corrected chi connectivity index (χ1v) is 5.46. The maximum Gasteiger partial charge on any atom is 0.194 e. The molecular formula is C13H12F3NO. The van der Waals surface area contributed by atoms with E-state index < -0.39 is 17.5 Å². The number of furan rings is 1. The molecule has 0 radical (unpaired) electrons. The Morgan fingerprint density at radius 3 is 2.39 bits per heavy atom. The van der Waals surface area contributed by atoms with Crippen LogP contribution < -0.4 is 5.32 Å². The molecule has 5 heteroatoms. The highest BCUT2D eigenvalue weighted by Crippen LogP contribution is 2.22. The van der Waals surface area contributed by atoms with Crippen LogP contribution in [-0.4, -0.2) is 7.05 Å². The minimum absolute atomic E-state index is 0.338. The Balaban J connectivity index is 2.27. The number of rotatable bonds is 4. The topological polar surface area (TPSA) is 25.2 Å². The summed E-state index contributed by atoms with van der Waals surface area (Å²) in [4.78, 5) is 0. The van der Waals surface area contributed by atoms with E-state index in [2.05, 4.69) is 5.32 Å². The highest BCUT2D eigenvalue weighted by molar-refractivity contribution is 5.24. The summed E-state index contributed by atoms with van der Waals surface area (Å²) in [5, 5.41) is 2.91. The zero-order chi connectivity index (χ0) is 13.1. The average Bonchev–Trinajstić information content (AvgIpc) is 2.85. The Hall–Kier alpha value is -1.75. The van der Waals surface area contributed by atoms with Gasteiger partial charge in [0.05, 0.1) is 6.26 Å². The molecule has 0 bridgehead atoms. The maximum atomic E-state index is 13.1. The molecule has 2 nitrogen and oxygen atoms in total. The summed E-state index contributed by atoms with van der Waals surface area (Å²) in [6.07, 6.45) is 1.95. The summed E-state index contributed by atoms with van der Waals surface area (Å²) in [7, 11) is 1.66. The van der Waals surface area contributed by atoms with Crippen LogP contribution in [0.4, 0.5) is 13.2 Å². The van der Waals surface area contributed by atoms with Gasteiger partial charge in [-0.3, -0.25) is 0 Å². The van der Waals surface area contributed by atoms with Crippen molar-refractivity contribution in [1.29, 1.82) is 0 Å². The molecule has 0 amide bonds. The van der Waals surface area contributed by atoms with Crippen molar-refractivity contribution in [1.82, 2.24) is 5.32 Å². The van der Waals surface area contributed by atoms with Crippen LogP contribution in [0.1, 0.15) is 17.4 Å². The molecule has 0 aliphatic rings. The second-order valence-corrected chi connectivity index (χ2v) is 3.92. The Bertz CT molecular complexity index is 502. The average molecular weight is 255 g/mol. The van der Waals surface area contributed by atoms with E-state index in [4.69, 9.17) is 4.42 Å². The molecule has 0 saturated heterocycles. The van der Waals surface area contributed by atoms with Gasteiger partial charge in [-0.05, 0) is 36.9 Å². The second kappa shape index (κ2) is 5.27. The van der Waals surface area contributed by atoms with Crippen molar-refractivity contribution < 1.29 is 17.6 Å². The van der Waals surface area contributed by atoms with Crippen molar-refractivity contribution in [2.45, 2.75) is 12.5 Å². The highest BCUT2D eigenvalue weighted by atomic mass is 19.2. The highest BCUT2D eigenvalue weighted by Gasteiger charge is 2.17. The van der Waals surface area contributed by atoms with Crippen LogP contribution in [0.2, 0.25) is 0 Å². The second-order valence-electron chi connectivity index (χ2n) is 3.92. The first kappa shape index (κ1) is 12.7. The molecule has 2 rings (SSSR count). The number of hydrogen-bond donors (Lipinski definition) is 1. The van der Waals surface area contributed by atoms with Crippen LogP contribution in [0.25, 0.3) is 0 Å². The third kappa shape index (κ3) is 2.56. The largest absolute Gasteiger partial charge is 0.469 e. The van der Waals surface area contributed by atoms with E-state index in [0.717, 1.165) is 12.1 Å². The number of hydrogen-bond acceptors (Lipinski definition) is 2. The molecule has 1 N–H and O–H groups in total. The van der Waals surface area contributed by atoms with Gasteiger partial charge in [-0.25, -0.2) is 13.2 Å². The molecule has 0 spiro atoms. The third-order valence-electron chi connectivity index (χ3n) is 2.74. The lowest BCUT2D eigenvalue weighted by Gasteiger charge is -2.15. The zero-order valence-electron chi connectivity index (χ0n) is 9.71. The first-order valence-electron chi connectivity index (χ1n) is 5.46. The quantitative estimate of drug-likeness (QED) is 0.849. The number of benzene rings is 1. The van der Waals surface area contributed by atoms with Crippen molar-refractivity contribution >= 4 is 0 Å². The van der Waals surface area contributed by atoms with Gasteiger partial charge < -0.3 is 9.73 Å². The van der Waals surface area contributed by atoms with Gasteiger partial charge in [-0.2, -0.15) is 0 Å². The van der Waals surface area contributed by atoms with Crippen LogP contribution in [0, 0.1) is 17.5 Å². The van der Waals surface area contributed by atoms with E-state index in [1.807, 2.05) is 0 Å². The van der Waals surface area contributed by atoms with Gasteiger partial charge in [0.1, 0.15) is 5.76 Å².